The summed E-state index contributed by atoms with van der Waals surface area (Å²) < 4.78 is 37.0. The van der Waals surface area contributed by atoms with Crippen molar-refractivity contribution >= 4 is 15.9 Å². The fourth-order valence-electron chi connectivity index (χ4n) is 2.12. The van der Waals surface area contributed by atoms with Gasteiger partial charge < -0.3 is 15.2 Å². The molecule has 1 fully saturated rings. The van der Waals surface area contributed by atoms with Crippen LogP contribution in [0.4, 0.5) is 0 Å². The minimum absolute atomic E-state index is 0.0284. The predicted octanol–water partition coefficient (Wildman–Crippen LogP) is 0.831. The number of hydrogen-bond donors (Lipinski definition) is 1. The van der Waals surface area contributed by atoms with Crippen LogP contribution in [0.2, 0.25) is 0 Å². The highest BCUT2D eigenvalue weighted by Crippen LogP contribution is 2.22. The van der Waals surface area contributed by atoms with Crippen LogP contribution < -0.4 is 5.73 Å². The van der Waals surface area contributed by atoms with Gasteiger partial charge in [-0.1, -0.05) is 25.7 Å². The van der Waals surface area contributed by atoms with Gasteiger partial charge >= 0.3 is 0 Å². The third-order valence-electron chi connectivity index (χ3n) is 3.29. The molecule has 0 aromatic heterocycles. The third-order valence-corrected chi connectivity index (χ3v) is 5.23. The van der Waals surface area contributed by atoms with Gasteiger partial charge in [0.15, 0.2) is 0 Å². The van der Waals surface area contributed by atoms with Crippen molar-refractivity contribution < 1.29 is 22.7 Å². The van der Waals surface area contributed by atoms with Crippen LogP contribution in [0, 0.1) is 11.8 Å². The normalized spacial score (nSPS) is 14.7. The lowest BCUT2D eigenvalue weighted by Crippen LogP contribution is -2.41. The summed E-state index contributed by atoms with van der Waals surface area (Å²) in [4.78, 5) is 11.3. The molecule has 1 aliphatic heterocycles. The van der Waals surface area contributed by atoms with Gasteiger partial charge in [0.1, 0.15) is 6.61 Å². The lowest BCUT2D eigenvalue weighted by molar-refractivity contribution is 0.0730. The number of carbonyl (C=O) groups excluding carboxylic acids is 1. The van der Waals surface area contributed by atoms with Crippen molar-refractivity contribution in [2.24, 2.45) is 5.73 Å². The second kappa shape index (κ2) is 10.2. The summed E-state index contributed by atoms with van der Waals surface area (Å²) >= 11 is 0. The molecule has 1 aliphatic rings. The first-order valence-corrected chi connectivity index (χ1v) is 9.40. The van der Waals surface area contributed by atoms with E-state index in [9.17, 15) is 13.2 Å². The lowest BCUT2D eigenvalue weighted by Gasteiger charge is -2.26. The highest BCUT2D eigenvalue weighted by atomic mass is 32.2. The molecule has 0 spiro atoms. The number of hydrogen-bond acceptors (Lipinski definition) is 5. The molecule has 0 unspecified atom stereocenters. The number of amides is 1. The smallest absolute Gasteiger partial charge is 0.248 e. The van der Waals surface area contributed by atoms with Gasteiger partial charge in [-0.25, -0.2) is 8.42 Å². The van der Waals surface area contributed by atoms with Crippen molar-refractivity contribution in [1.82, 2.24) is 4.31 Å². The van der Waals surface area contributed by atoms with Crippen LogP contribution in [0.25, 0.3) is 0 Å². The van der Waals surface area contributed by atoms with Gasteiger partial charge in [-0.15, -0.1) is 0 Å². The Bertz CT molecular complexity index is 744. The van der Waals surface area contributed by atoms with Crippen LogP contribution in [0.3, 0.4) is 0 Å². The number of ether oxygens (including phenoxy) is 2. The number of sulfonamides is 1. The molecule has 2 rings (SSSR count). The number of nitrogens with zero attached hydrogens (tertiary/aromatic N) is 1. The molecule has 2 N–H and O–H groups in total. The fraction of sp³-hybridized carbons (Fsp3) is 0.471. The van der Waals surface area contributed by atoms with Gasteiger partial charge in [-0.05, 0) is 18.2 Å². The molecule has 25 heavy (non-hydrogen) atoms. The molecule has 0 radical (unpaired) electrons. The van der Waals surface area contributed by atoms with E-state index in [2.05, 4.69) is 11.8 Å². The van der Waals surface area contributed by atoms with E-state index >= 15 is 0 Å². The zero-order valence-corrected chi connectivity index (χ0v) is 15.6. The standard InChI is InChI=1S/C15H18N2O5S.C2H6/c1-21-8-2-3-12-4-5-13(15(16)18)11-14(12)23(19,20)17-6-9-22-10-7-17;1-2/h4-5,11H,6-10H2,1H3,(H2,16,18);1-2H3. The Morgan fingerprint density at radius 2 is 1.96 bits per heavy atom. The van der Waals surface area contributed by atoms with Crippen molar-refractivity contribution in [2.45, 2.75) is 18.7 Å². The van der Waals surface area contributed by atoms with Gasteiger partial charge in [-0.3, -0.25) is 4.79 Å². The molecular weight excluding hydrogens is 344 g/mol. The third kappa shape index (κ3) is 5.54. The van der Waals surface area contributed by atoms with Crippen LogP contribution in [0.15, 0.2) is 23.1 Å². The molecule has 1 amide bonds. The van der Waals surface area contributed by atoms with E-state index in [4.69, 9.17) is 15.2 Å². The lowest BCUT2D eigenvalue weighted by atomic mass is 10.1. The molecule has 0 aliphatic carbocycles. The molecule has 1 saturated heterocycles. The van der Waals surface area contributed by atoms with Crippen molar-refractivity contribution in [3.8, 4) is 11.8 Å². The average Bonchev–Trinajstić information content (AvgIpc) is 2.64. The SMILES string of the molecule is CC.COCC#Cc1ccc(C(N)=O)cc1S(=O)(=O)N1CCOCC1. The number of nitrogens with two attached hydrogens (primary N) is 1. The quantitative estimate of drug-likeness (QED) is 0.794. The molecule has 8 heteroatoms. The zero-order valence-electron chi connectivity index (χ0n) is 14.7. The van der Waals surface area contributed by atoms with Crippen LogP contribution in [0.1, 0.15) is 29.8 Å². The van der Waals surface area contributed by atoms with Gasteiger partial charge in [0, 0.05) is 31.3 Å². The van der Waals surface area contributed by atoms with Crippen molar-refractivity contribution in [2.75, 3.05) is 40.0 Å². The maximum absolute atomic E-state index is 12.8. The maximum atomic E-state index is 12.8. The first-order valence-electron chi connectivity index (χ1n) is 7.96. The Balaban J connectivity index is 0.00000151. The van der Waals surface area contributed by atoms with E-state index in [0.717, 1.165) is 0 Å². The van der Waals surface area contributed by atoms with Crippen LogP contribution in [-0.2, 0) is 19.5 Å². The monoisotopic (exact) mass is 368 g/mol. The molecule has 7 nitrogen and oxygen atoms in total. The first-order chi connectivity index (χ1) is 12.0. The summed E-state index contributed by atoms with van der Waals surface area (Å²) in [6.45, 7) is 5.36. The summed E-state index contributed by atoms with van der Waals surface area (Å²) in [5, 5.41) is 0. The number of rotatable bonds is 4. The maximum Gasteiger partial charge on any atom is 0.248 e. The van der Waals surface area contributed by atoms with Crippen LogP contribution in [0.5, 0.6) is 0 Å². The molecule has 138 valence electrons. The van der Waals surface area contributed by atoms with E-state index in [1.54, 1.807) is 0 Å². The van der Waals surface area contributed by atoms with E-state index in [1.165, 1.54) is 29.6 Å². The summed E-state index contributed by atoms with van der Waals surface area (Å²) in [7, 11) is -2.29. The number of primary amides is 1. The first kappa shape index (κ1) is 21.1. The van der Waals surface area contributed by atoms with E-state index in [-0.39, 0.29) is 30.2 Å². The fourth-order valence-corrected chi connectivity index (χ4v) is 3.70. The number of methoxy groups -OCH3 is 1. The summed E-state index contributed by atoms with van der Waals surface area (Å²) in [6.07, 6.45) is 0. The zero-order chi connectivity index (χ0) is 18.9. The topological polar surface area (TPSA) is 98.9 Å². The van der Waals surface area contributed by atoms with E-state index in [0.29, 0.717) is 18.8 Å². The Morgan fingerprint density at radius 3 is 2.52 bits per heavy atom. The van der Waals surface area contributed by atoms with E-state index < -0.39 is 15.9 Å². The van der Waals surface area contributed by atoms with Gasteiger partial charge in [0.2, 0.25) is 15.9 Å². The molecule has 1 heterocycles. The Kier molecular flexibility index (Phi) is 8.58. The number of morpholine rings is 1. The van der Waals surface area contributed by atoms with Gasteiger partial charge in [0.05, 0.1) is 18.1 Å². The largest absolute Gasteiger partial charge is 0.379 e. The Hall–Kier alpha value is -1.92. The molecular formula is C17H24N2O5S. The predicted molar refractivity (Wildman–Crippen MR) is 94.6 cm³/mol. The van der Waals surface area contributed by atoms with Crippen LogP contribution >= 0.6 is 0 Å². The summed E-state index contributed by atoms with van der Waals surface area (Å²) in [6, 6.07) is 4.21. The Labute approximate surface area is 149 Å². The van der Waals surface area contributed by atoms with Crippen molar-refractivity contribution in [1.29, 1.82) is 0 Å². The highest BCUT2D eigenvalue weighted by molar-refractivity contribution is 7.89. The number of benzene rings is 1. The highest BCUT2D eigenvalue weighted by Gasteiger charge is 2.29. The molecule has 1 aromatic carbocycles. The summed E-state index contributed by atoms with van der Waals surface area (Å²) in [5.74, 6) is 4.79. The van der Waals surface area contributed by atoms with E-state index in [1.807, 2.05) is 13.8 Å². The van der Waals surface area contributed by atoms with Gasteiger partial charge in [-0.2, -0.15) is 4.31 Å². The minimum Gasteiger partial charge on any atom is -0.379 e. The Morgan fingerprint density at radius 1 is 1.32 bits per heavy atom. The van der Waals surface area contributed by atoms with Crippen LogP contribution in [-0.4, -0.2) is 58.7 Å². The van der Waals surface area contributed by atoms with Crippen molar-refractivity contribution in [3.05, 3.63) is 29.3 Å². The van der Waals surface area contributed by atoms with Gasteiger partial charge in [0.25, 0.3) is 0 Å². The molecule has 0 atom stereocenters. The second-order valence-corrected chi connectivity index (χ2v) is 6.73. The molecule has 0 saturated carbocycles. The van der Waals surface area contributed by atoms with Crippen molar-refractivity contribution in [3.63, 3.8) is 0 Å². The minimum atomic E-state index is -3.78. The summed E-state index contributed by atoms with van der Waals surface area (Å²) in [5.41, 5.74) is 5.68. The molecule has 0 bridgehead atoms. The molecule has 1 aromatic rings. The average molecular weight is 368 g/mol. The number of carbonyl (C=O) groups is 1. The second-order valence-electron chi connectivity index (χ2n) is 4.83.